The minimum atomic E-state index is 0. The first kappa shape index (κ1) is 23.8. The molecule has 7 aromatic rings. The summed E-state index contributed by atoms with van der Waals surface area (Å²) in [5.74, 6) is 0.878. The molecule has 6 heteroatoms. The first-order chi connectivity index (χ1) is 18.8. The summed E-state index contributed by atoms with van der Waals surface area (Å²) in [5.41, 5.74) is 6.23. The molecule has 192 valence electrons. The molecule has 8 rings (SSSR count). The molecule has 0 saturated carbocycles. The van der Waals surface area contributed by atoms with Crippen LogP contribution in [-0.2, 0) is 21.1 Å². The van der Waals surface area contributed by atoms with Crippen LogP contribution in [0.1, 0.15) is 0 Å². The minimum absolute atomic E-state index is 0. The first-order valence-corrected chi connectivity index (χ1v) is 12.6. The molecule has 0 aliphatic carbocycles. The Hall–Kier alpha value is -4.34. The predicted octanol–water partition coefficient (Wildman–Crippen LogP) is 7.22. The van der Waals surface area contributed by atoms with Gasteiger partial charge in [0.25, 0.3) is 0 Å². The number of aromatic nitrogens is 3. The van der Waals surface area contributed by atoms with Crippen molar-refractivity contribution in [3.05, 3.63) is 128 Å². The van der Waals surface area contributed by atoms with E-state index in [4.69, 9.17) is 0 Å². The third-order valence-electron chi connectivity index (χ3n) is 7.30. The number of para-hydroxylation sites is 2. The Kier molecular flexibility index (Phi) is 5.57. The Morgan fingerprint density at radius 1 is 0.615 bits per heavy atom. The third-order valence-corrected chi connectivity index (χ3v) is 7.30. The van der Waals surface area contributed by atoms with Crippen molar-refractivity contribution < 1.29 is 21.1 Å². The van der Waals surface area contributed by atoms with E-state index in [2.05, 4.69) is 104 Å². The van der Waals surface area contributed by atoms with Gasteiger partial charge in [0.05, 0.1) is 0 Å². The van der Waals surface area contributed by atoms with Crippen LogP contribution in [-0.4, -0.2) is 26.1 Å². The smallest absolute Gasteiger partial charge is 0.135 e. The number of nitrogens with zero attached hydrogens (tertiary/aromatic N) is 5. The van der Waals surface area contributed by atoms with Crippen LogP contribution in [0.4, 0.5) is 5.69 Å². The minimum Gasteiger partial charge on any atom is -0.510 e. The molecule has 0 amide bonds. The van der Waals surface area contributed by atoms with Gasteiger partial charge in [-0.05, 0) is 54.5 Å². The largest absolute Gasteiger partial charge is 0.510 e. The molecule has 0 N–H and O–H groups in total. The number of fused-ring (bicyclic) bond motifs is 6. The summed E-state index contributed by atoms with van der Waals surface area (Å²) in [6.45, 7) is 2.05. The summed E-state index contributed by atoms with van der Waals surface area (Å²) in [7, 11) is 2.02. The van der Waals surface area contributed by atoms with Gasteiger partial charge in [-0.15, -0.1) is 40.7 Å². The molecule has 4 heterocycles. The van der Waals surface area contributed by atoms with Crippen LogP contribution in [0.2, 0.25) is 0 Å². The van der Waals surface area contributed by atoms with Gasteiger partial charge in [-0.25, -0.2) is 4.98 Å². The SMILES string of the molecule is CN1C=CN(c2[c-]c3c(cc2)c2ccccc2n3-c2[c-]c3c(cc2)c2ccccc2n3-c2ccccn2)[CH-]1.[Pt]. The Labute approximate surface area is 240 Å². The van der Waals surface area contributed by atoms with Gasteiger partial charge in [0, 0.05) is 38.3 Å². The zero-order valence-electron chi connectivity index (χ0n) is 21.0. The van der Waals surface area contributed by atoms with E-state index in [1.807, 2.05) is 55.4 Å². The van der Waals surface area contributed by atoms with Crippen LogP contribution in [0.15, 0.2) is 110 Å². The summed E-state index contributed by atoms with van der Waals surface area (Å²) >= 11 is 0. The standard InChI is InChI=1S/C33H22N5.Pt/c1-35-18-19-36(22-35)23-13-15-27-25-8-2-4-10-29(25)37(31(27)20-23)24-14-16-28-26-9-3-5-11-30(26)38(32(28)21-24)33-12-6-7-17-34-33;/h2-19,22H,1H3;/q-3;. The Balaban J connectivity index is 0.00000253. The monoisotopic (exact) mass is 683 g/mol. The van der Waals surface area contributed by atoms with E-state index in [0.717, 1.165) is 44.6 Å². The zero-order chi connectivity index (χ0) is 25.2. The van der Waals surface area contributed by atoms with Gasteiger partial charge in [0.15, 0.2) is 0 Å². The Morgan fingerprint density at radius 2 is 1.23 bits per heavy atom. The van der Waals surface area contributed by atoms with Crippen molar-refractivity contribution in [1.29, 1.82) is 0 Å². The van der Waals surface area contributed by atoms with Gasteiger partial charge in [-0.2, -0.15) is 18.8 Å². The molecule has 1 aliphatic heterocycles. The van der Waals surface area contributed by atoms with Crippen molar-refractivity contribution in [2.75, 3.05) is 11.9 Å². The molecular weight excluding hydrogens is 661 g/mol. The molecule has 0 radical (unpaired) electrons. The number of hydrogen-bond acceptors (Lipinski definition) is 3. The molecule has 0 bridgehead atoms. The maximum absolute atomic E-state index is 4.69. The van der Waals surface area contributed by atoms with Gasteiger partial charge in [-0.1, -0.05) is 59.2 Å². The number of pyridine rings is 1. The average molecular weight is 684 g/mol. The quantitative estimate of drug-likeness (QED) is 0.185. The van der Waals surface area contributed by atoms with Crippen molar-refractivity contribution in [2.45, 2.75) is 0 Å². The molecule has 0 atom stereocenters. The summed E-state index contributed by atoms with van der Waals surface area (Å²) in [4.78, 5) is 8.81. The summed E-state index contributed by atoms with van der Waals surface area (Å²) in [6, 6.07) is 39.2. The average Bonchev–Trinajstić information content (AvgIpc) is 3.64. The molecule has 0 saturated heterocycles. The van der Waals surface area contributed by atoms with Crippen molar-refractivity contribution in [3.8, 4) is 11.5 Å². The number of anilines is 1. The van der Waals surface area contributed by atoms with Gasteiger partial charge in [-0.3, -0.25) is 0 Å². The van der Waals surface area contributed by atoms with Crippen molar-refractivity contribution in [1.82, 2.24) is 19.0 Å². The van der Waals surface area contributed by atoms with E-state index in [-0.39, 0.29) is 21.1 Å². The zero-order valence-corrected chi connectivity index (χ0v) is 23.3. The first-order valence-electron chi connectivity index (χ1n) is 12.6. The van der Waals surface area contributed by atoms with Crippen molar-refractivity contribution in [3.63, 3.8) is 0 Å². The fraction of sp³-hybridized carbons (Fsp3) is 0.0303. The number of benzene rings is 4. The molecule has 1 aliphatic rings. The molecule has 0 fully saturated rings. The van der Waals surface area contributed by atoms with E-state index >= 15 is 0 Å². The Bertz CT molecular complexity index is 2040. The third kappa shape index (κ3) is 3.61. The molecule has 39 heavy (non-hydrogen) atoms. The van der Waals surface area contributed by atoms with Crippen LogP contribution >= 0.6 is 0 Å². The summed E-state index contributed by atoms with van der Waals surface area (Å²) in [6.07, 6.45) is 5.92. The fourth-order valence-corrected chi connectivity index (χ4v) is 5.61. The van der Waals surface area contributed by atoms with Gasteiger partial charge in [0.2, 0.25) is 0 Å². The van der Waals surface area contributed by atoms with Crippen molar-refractivity contribution in [2.24, 2.45) is 0 Å². The second kappa shape index (κ2) is 9.14. The fourth-order valence-electron chi connectivity index (χ4n) is 5.61. The van der Waals surface area contributed by atoms with Crippen LogP contribution in [0.5, 0.6) is 0 Å². The molecule has 3 aromatic heterocycles. The van der Waals surface area contributed by atoms with Crippen molar-refractivity contribution >= 4 is 49.3 Å². The Morgan fingerprint density at radius 3 is 1.90 bits per heavy atom. The normalized spacial score (nSPS) is 13.3. The molecule has 5 nitrogen and oxygen atoms in total. The summed E-state index contributed by atoms with van der Waals surface area (Å²) in [5, 5.41) is 4.70. The van der Waals surface area contributed by atoms with Crippen LogP contribution in [0.25, 0.3) is 55.1 Å². The van der Waals surface area contributed by atoms with E-state index in [1.54, 1.807) is 0 Å². The van der Waals surface area contributed by atoms with Gasteiger partial charge >= 0.3 is 0 Å². The second-order valence-electron chi connectivity index (χ2n) is 9.59. The van der Waals surface area contributed by atoms with E-state index in [9.17, 15) is 0 Å². The van der Waals surface area contributed by atoms with E-state index < -0.39 is 0 Å². The molecule has 0 spiro atoms. The maximum atomic E-state index is 4.69. The molecule has 0 unspecified atom stereocenters. The van der Waals surface area contributed by atoms with E-state index in [0.29, 0.717) is 0 Å². The second-order valence-corrected chi connectivity index (χ2v) is 9.59. The predicted molar refractivity (Wildman–Crippen MR) is 154 cm³/mol. The van der Waals surface area contributed by atoms with Gasteiger partial charge in [0.1, 0.15) is 5.82 Å². The summed E-state index contributed by atoms with van der Waals surface area (Å²) < 4.78 is 4.48. The molecular formula is C33H22N5Pt-3. The van der Waals surface area contributed by atoms with E-state index in [1.165, 1.54) is 16.2 Å². The van der Waals surface area contributed by atoms with Crippen LogP contribution < -0.4 is 4.90 Å². The maximum Gasteiger partial charge on any atom is 0.135 e. The van der Waals surface area contributed by atoms with Crippen LogP contribution in [0.3, 0.4) is 0 Å². The molecule has 4 aromatic carbocycles. The van der Waals surface area contributed by atoms with Crippen LogP contribution in [0, 0.1) is 18.8 Å². The number of rotatable bonds is 3. The van der Waals surface area contributed by atoms with Gasteiger partial charge < -0.3 is 18.9 Å². The number of hydrogen-bond donors (Lipinski definition) is 0. The topological polar surface area (TPSA) is 29.2 Å².